The van der Waals surface area contributed by atoms with Gasteiger partial charge in [0.05, 0.1) is 5.03 Å². The van der Waals surface area contributed by atoms with Gasteiger partial charge < -0.3 is 12.9 Å². The first-order valence-electron chi connectivity index (χ1n) is 3.65. The Balaban J connectivity index is 3.13. The minimum atomic E-state index is -4.92. The predicted molar refractivity (Wildman–Crippen MR) is 49.5 cm³/mol. The van der Waals surface area contributed by atoms with Crippen LogP contribution in [0.15, 0.2) is 17.3 Å². The summed E-state index contributed by atoms with van der Waals surface area (Å²) in [6, 6.07) is 1.45. The second-order valence-corrected chi connectivity index (χ2v) is 3.48. The quantitative estimate of drug-likeness (QED) is 0.543. The molecule has 0 spiro atoms. The molecule has 1 aromatic rings. The van der Waals surface area contributed by atoms with Crippen molar-refractivity contribution in [3.05, 3.63) is 17.8 Å². The van der Waals surface area contributed by atoms with E-state index in [9.17, 15) is 12.9 Å². The number of rotatable bonds is 2. The molecule has 0 aliphatic heterocycles. The van der Waals surface area contributed by atoms with Gasteiger partial charge in [0, 0.05) is 6.20 Å². The molecule has 0 fully saturated rings. The van der Waals surface area contributed by atoms with E-state index in [0.717, 1.165) is 6.20 Å². The van der Waals surface area contributed by atoms with Gasteiger partial charge in [0.15, 0.2) is 0 Å². The molecule has 0 N–H and O–H groups in total. The van der Waals surface area contributed by atoms with E-state index in [1.807, 2.05) is 0 Å². The highest BCUT2D eigenvalue weighted by Crippen LogP contribution is 2.15. The van der Waals surface area contributed by atoms with Gasteiger partial charge in [-0.3, -0.25) is 4.98 Å². The molecular formula is C7H8BF3NS-. The largest absolute Gasteiger partial charge is 0.511 e. The molecule has 1 rings (SSSR count). The molecule has 0 aromatic carbocycles. The lowest BCUT2D eigenvalue weighted by molar-refractivity contribution is 0.500. The Morgan fingerprint density at radius 3 is 2.38 bits per heavy atom. The molecule has 0 unspecified atom stereocenters. The highest BCUT2D eigenvalue weighted by atomic mass is 32.2. The summed E-state index contributed by atoms with van der Waals surface area (Å²) in [4.78, 5) is 3.68. The van der Waals surface area contributed by atoms with Crippen LogP contribution in [0.25, 0.3) is 0 Å². The van der Waals surface area contributed by atoms with Crippen molar-refractivity contribution in [1.29, 1.82) is 0 Å². The van der Waals surface area contributed by atoms with Crippen molar-refractivity contribution in [2.75, 3.05) is 6.26 Å². The maximum absolute atomic E-state index is 12.3. The first-order valence-corrected chi connectivity index (χ1v) is 4.88. The van der Waals surface area contributed by atoms with Crippen molar-refractivity contribution in [2.24, 2.45) is 0 Å². The molecular weight excluding hydrogens is 198 g/mol. The van der Waals surface area contributed by atoms with Crippen LogP contribution in [0.5, 0.6) is 0 Å². The highest BCUT2D eigenvalue weighted by Gasteiger charge is 2.27. The monoisotopic (exact) mass is 206 g/mol. The van der Waals surface area contributed by atoms with E-state index in [-0.39, 0.29) is 5.56 Å². The molecule has 72 valence electrons. The Morgan fingerprint density at radius 2 is 2.00 bits per heavy atom. The number of hydrogen-bond donors (Lipinski definition) is 0. The second kappa shape index (κ2) is 3.61. The SMILES string of the molecule is CSc1cc(C)c([B-](F)(F)F)cn1. The molecule has 0 aliphatic rings. The summed E-state index contributed by atoms with van der Waals surface area (Å²) in [7, 11) is 0. The maximum Gasteiger partial charge on any atom is 0.511 e. The highest BCUT2D eigenvalue weighted by molar-refractivity contribution is 7.98. The van der Waals surface area contributed by atoms with Crippen molar-refractivity contribution in [3.8, 4) is 0 Å². The zero-order valence-electron chi connectivity index (χ0n) is 7.22. The summed E-state index contributed by atoms with van der Waals surface area (Å²) < 4.78 is 36.9. The van der Waals surface area contributed by atoms with E-state index in [0.29, 0.717) is 5.03 Å². The van der Waals surface area contributed by atoms with Crippen LogP contribution >= 0.6 is 11.8 Å². The Labute approximate surface area is 78.8 Å². The minimum Gasteiger partial charge on any atom is -0.445 e. The number of aryl methyl sites for hydroxylation is 1. The molecule has 0 bridgehead atoms. The van der Waals surface area contributed by atoms with Gasteiger partial charge in [-0.1, -0.05) is 11.0 Å². The van der Waals surface area contributed by atoms with E-state index >= 15 is 0 Å². The van der Waals surface area contributed by atoms with Gasteiger partial charge in [0.1, 0.15) is 0 Å². The third-order valence-corrected chi connectivity index (χ3v) is 2.33. The molecule has 1 nitrogen and oxygen atoms in total. The van der Waals surface area contributed by atoms with Gasteiger partial charge >= 0.3 is 6.98 Å². The van der Waals surface area contributed by atoms with Crippen LogP contribution in [0.4, 0.5) is 12.9 Å². The van der Waals surface area contributed by atoms with Gasteiger partial charge in [-0.15, -0.1) is 11.8 Å². The molecule has 0 atom stereocenters. The van der Waals surface area contributed by atoms with Crippen LogP contribution in [-0.4, -0.2) is 18.2 Å². The molecule has 0 saturated carbocycles. The molecule has 1 heterocycles. The molecule has 1 aromatic heterocycles. The zero-order chi connectivity index (χ0) is 10.1. The van der Waals surface area contributed by atoms with Crippen molar-refractivity contribution >= 4 is 24.2 Å². The third-order valence-electron chi connectivity index (χ3n) is 1.69. The second-order valence-electron chi connectivity index (χ2n) is 2.66. The predicted octanol–water partition coefficient (Wildman–Crippen LogP) is 2.17. The molecule has 0 amide bonds. The van der Waals surface area contributed by atoms with Crippen LogP contribution in [0.2, 0.25) is 0 Å². The molecule has 0 radical (unpaired) electrons. The number of thioether (sulfide) groups is 1. The molecule has 6 heteroatoms. The number of nitrogens with zero attached hydrogens (tertiary/aromatic N) is 1. The van der Waals surface area contributed by atoms with Gasteiger partial charge in [0.25, 0.3) is 0 Å². The number of aromatic nitrogens is 1. The lowest BCUT2D eigenvalue weighted by Crippen LogP contribution is -2.36. The minimum absolute atomic E-state index is 0.242. The molecule has 0 saturated heterocycles. The summed E-state index contributed by atoms with van der Waals surface area (Å²) in [6.45, 7) is -3.47. The summed E-state index contributed by atoms with van der Waals surface area (Å²) in [5.74, 6) is 0. The maximum atomic E-state index is 12.3. The smallest absolute Gasteiger partial charge is 0.445 e. The van der Waals surface area contributed by atoms with E-state index < -0.39 is 12.4 Å². The number of hydrogen-bond acceptors (Lipinski definition) is 2. The van der Waals surface area contributed by atoms with Gasteiger partial charge in [-0.25, -0.2) is 0 Å². The fourth-order valence-electron chi connectivity index (χ4n) is 0.995. The average Bonchev–Trinajstić information content (AvgIpc) is 2.01. The zero-order valence-corrected chi connectivity index (χ0v) is 8.04. The Hall–Kier alpha value is -0.645. The van der Waals surface area contributed by atoms with Crippen LogP contribution in [0.3, 0.4) is 0 Å². The van der Waals surface area contributed by atoms with E-state index in [4.69, 9.17) is 0 Å². The fourth-order valence-corrected chi connectivity index (χ4v) is 1.45. The topological polar surface area (TPSA) is 12.9 Å². The van der Waals surface area contributed by atoms with Crippen molar-refractivity contribution in [1.82, 2.24) is 4.98 Å². The Morgan fingerprint density at radius 1 is 1.38 bits per heavy atom. The number of halogens is 3. The first kappa shape index (κ1) is 10.4. The van der Waals surface area contributed by atoms with E-state index in [1.54, 1.807) is 6.26 Å². The molecule has 13 heavy (non-hydrogen) atoms. The Kier molecular flexibility index (Phi) is 2.90. The standard InChI is InChI=1S/C7H8BF3NS/c1-5-3-7(13-2)12-4-6(5)8(9,10)11/h3-4H,1-2H3/q-1. The summed E-state index contributed by atoms with van der Waals surface area (Å²) in [5.41, 5.74) is -0.357. The lowest BCUT2D eigenvalue weighted by Gasteiger charge is -2.17. The van der Waals surface area contributed by atoms with Crippen molar-refractivity contribution in [3.63, 3.8) is 0 Å². The molecule has 0 aliphatic carbocycles. The van der Waals surface area contributed by atoms with Crippen molar-refractivity contribution < 1.29 is 12.9 Å². The normalized spacial score (nSPS) is 11.8. The van der Waals surface area contributed by atoms with Gasteiger partial charge in [0.2, 0.25) is 0 Å². The van der Waals surface area contributed by atoms with Crippen LogP contribution in [0, 0.1) is 6.92 Å². The summed E-state index contributed by atoms with van der Waals surface area (Å²) in [5, 5.41) is 0.612. The fraction of sp³-hybridized carbons (Fsp3) is 0.286. The van der Waals surface area contributed by atoms with Crippen LogP contribution in [-0.2, 0) is 0 Å². The number of pyridine rings is 1. The average molecular weight is 206 g/mol. The lowest BCUT2D eigenvalue weighted by atomic mass is 9.78. The van der Waals surface area contributed by atoms with Gasteiger partial charge in [-0.2, -0.15) is 0 Å². The van der Waals surface area contributed by atoms with Gasteiger partial charge in [-0.05, 0) is 19.2 Å². The third kappa shape index (κ3) is 2.40. The van der Waals surface area contributed by atoms with Crippen LogP contribution in [0.1, 0.15) is 5.56 Å². The summed E-state index contributed by atoms with van der Waals surface area (Å²) >= 11 is 1.33. The van der Waals surface area contributed by atoms with E-state index in [2.05, 4.69) is 4.98 Å². The van der Waals surface area contributed by atoms with Crippen LogP contribution < -0.4 is 5.46 Å². The summed E-state index contributed by atoms with van der Waals surface area (Å²) in [6.07, 6.45) is 2.68. The van der Waals surface area contributed by atoms with Crippen molar-refractivity contribution in [2.45, 2.75) is 11.9 Å². The first-order chi connectivity index (χ1) is 5.95. The Bertz CT molecular complexity index is 313. The van der Waals surface area contributed by atoms with E-state index in [1.165, 1.54) is 24.8 Å².